The van der Waals surface area contributed by atoms with Crippen molar-refractivity contribution in [3.63, 3.8) is 0 Å². The Labute approximate surface area is 156 Å². The lowest BCUT2D eigenvalue weighted by Gasteiger charge is -2.25. The largest absolute Gasteiger partial charge is 0.465 e. The molecule has 0 atom stereocenters. The number of carbonyl (C=O) groups is 2. The van der Waals surface area contributed by atoms with Crippen LogP contribution in [0.2, 0.25) is 0 Å². The van der Waals surface area contributed by atoms with E-state index in [1.54, 1.807) is 24.3 Å². The second kappa shape index (κ2) is 8.59. The van der Waals surface area contributed by atoms with Gasteiger partial charge in [0.25, 0.3) is 0 Å². The second-order valence-electron chi connectivity index (χ2n) is 6.07. The van der Waals surface area contributed by atoms with Crippen LogP contribution in [0.1, 0.15) is 40.7 Å². The Kier molecular flexibility index (Phi) is 5.97. The van der Waals surface area contributed by atoms with Gasteiger partial charge in [-0.05, 0) is 25.0 Å². The van der Waals surface area contributed by atoms with Gasteiger partial charge in [0.05, 0.1) is 7.11 Å². The molecule has 2 heterocycles. The van der Waals surface area contributed by atoms with E-state index in [1.807, 2.05) is 6.07 Å². The van der Waals surface area contributed by atoms with Crippen LogP contribution >= 0.6 is 0 Å². The molecule has 8 nitrogen and oxygen atoms in total. The first kappa shape index (κ1) is 18.8. The Bertz CT molecular complexity index is 820. The molecular weight excluding hydrogens is 350 g/mol. The molecule has 1 aromatic carbocycles. The van der Waals surface area contributed by atoms with Crippen LogP contribution in [0, 0.1) is 0 Å². The fourth-order valence-corrected chi connectivity index (χ4v) is 2.70. The third kappa shape index (κ3) is 4.59. The number of ether oxygens (including phenoxy) is 3. The van der Waals surface area contributed by atoms with Gasteiger partial charge < -0.3 is 19.5 Å². The van der Waals surface area contributed by atoms with Gasteiger partial charge in [0.1, 0.15) is 11.6 Å². The third-order valence-electron chi connectivity index (χ3n) is 4.10. The number of nitrogens with one attached hydrogen (secondary N) is 1. The van der Waals surface area contributed by atoms with E-state index in [0.717, 1.165) is 12.8 Å². The molecule has 1 fully saturated rings. The number of ketones is 1. The van der Waals surface area contributed by atoms with Gasteiger partial charge in [0.15, 0.2) is 11.3 Å². The number of carbonyl (C=O) groups excluding carboxylic acids is 2. The summed E-state index contributed by atoms with van der Waals surface area (Å²) in [6, 6.07) is 8.93. The predicted molar refractivity (Wildman–Crippen MR) is 97.4 cm³/mol. The van der Waals surface area contributed by atoms with E-state index in [2.05, 4.69) is 15.3 Å². The standard InChI is InChI=1S/C19H21N3O5/c1-12(23)16-21-17(20-13-8-10-26-11-9-13)15(19(24)25-2)18(22-16)27-14-6-4-3-5-7-14/h3-7,13H,8-11H2,1-2H3,(H,20,21,22). The monoisotopic (exact) mass is 371 g/mol. The highest BCUT2D eigenvalue weighted by molar-refractivity contribution is 5.99. The zero-order valence-corrected chi connectivity index (χ0v) is 15.2. The Morgan fingerprint density at radius 2 is 1.85 bits per heavy atom. The van der Waals surface area contributed by atoms with E-state index >= 15 is 0 Å². The molecule has 0 aliphatic carbocycles. The maximum atomic E-state index is 12.4. The van der Waals surface area contributed by atoms with Crippen LogP contribution in [-0.2, 0) is 9.47 Å². The first-order valence-corrected chi connectivity index (χ1v) is 8.67. The topological polar surface area (TPSA) is 99.6 Å². The van der Waals surface area contributed by atoms with E-state index in [0.29, 0.717) is 19.0 Å². The zero-order valence-electron chi connectivity index (χ0n) is 15.2. The van der Waals surface area contributed by atoms with Gasteiger partial charge in [-0.15, -0.1) is 0 Å². The van der Waals surface area contributed by atoms with Crippen LogP contribution < -0.4 is 10.1 Å². The minimum Gasteiger partial charge on any atom is -0.465 e. The fraction of sp³-hybridized carbons (Fsp3) is 0.368. The molecule has 0 bridgehead atoms. The van der Waals surface area contributed by atoms with Crippen molar-refractivity contribution in [1.29, 1.82) is 0 Å². The molecule has 27 heavy (non-hydrogen) atoms. The van der Waals surface area contributed by atoms with E-state index in [-0.39, 0.29) is 34.9 Å². The summed E-state index contributed by atoms with van der Waals surface area (Å²) in [4.78, 5) is 32.7. The molecule has 3 rings (SSSR count). The first-order valence-electron chi connectivity index (χ1n) is 8.67. The van der Waals surface area contributed by atoms with Gasteiger partial charge in [0.2, 0.25) is 11.7 Å². The quantitative estimate of drug-likeness (QED) is 0.611. The van der Waals surface area contributed by atoms with Crippen molar-refractivity contribution >= 4 is 17.6 Å². The Hall–Kier alpha value is -3.00. The van der Waals surface area contributed by atoms with Gasteiger partial charge in [-0.1, -0.05) is 18.2 Å². The molecule has 1 aromatic heterocycles. The molecule has 0 radical (unpaired) electrons. The van der Waals surface area contributed by atoms with E-state index in [1.165, 1.54) is 14.0 Å². The number of rotatable bonds is 6. The van der Waals surface area contributed by atoms with E-state index in [9.17, 15) is 9.59 Å². The number of esters is 1. The number of hydrogen-bond donors (Lipinski definition) is 1. The maximum Gasteiger partial charge on any atom is 0.347 e. The zero-order chi connectivity index (χ0) is 19.2. The Balaban J connectivity index is 2.05. The Morgan fingerprint density at radius 1 is 1.15 bits per heavy atom. The molecular formula is C19H21N3O5. The molecule has 0 amide bonds. The number of nitrogens with zero attached hydrogens (tertiary/aromatic N) is 2. The highest BCUT2D eigenvalue weighted by Crippen LogP contribution is 2.30. The van der Waals surface area contributed by atoms with Crippen molar-refractivity contribution < 1.29 is 23.8 Å². The number of benzene rings is 1. The summed E-state index contributed by atoms with van der Waals surface area (Å²) in [5.74, 6) is -0.344. The second-order valence-corrected chi connectivity index (χ2v) is 6.07. The smallest absolute Gasteiger partial charge is 0.347 e. The highest BCUT2D eigenvalue weighted by Gasteiger charge is 2.27. The van der Waals surface area contributed by atoms with Crippen molar-refractivity contribution in [3.05, 3.63) is 41.7 Å². The van der Waals surface area contributed by atoms with Gasteiger partial charge in [-0.2, -0.15) is 4.98 Å². The molecule has 0 unspecified atom stereocenters. The lowest BCUT2D eigenvalue weighted by molar-refractivity contribution is 0.0596. The summed E-state index contributed by atoms with van der Waals surface area (Å²) in [5.41, 5.74) is 0.0536. The van der Waals surface area contributed by atoms with Gasteiger partial charge in [-0.25, -0.2) is 9.78 Å². The van der Waals surface area contributed by atoms with Crippen LogP contribution in [0.3, 0.4) is 0 Å². The molecule has 8 heteroatoms. The van der Waals surface area contributed by atoms with Crippen molar-refractivity contribution in [1.82, 2.24) is 9.97 Å². The summed E-state index contributed by atoms with van der Waals surface area (Å²) in [5, 5.41) is 3.22. The van der Waals surface area contributed by atoms with Crippen molar-refractivity contribution in [2.75, 3.05) is 25.6 Å². The Morgan fingerprint density at radius 3 is 2.48 bits per heavy atom. The minimum absolute atomic E-state index is 0.0252. The SMILES string of the molecule is COC(=O)c1c(NC2CCOCC2)nc(C(C)=O)nc1Oc1ccccc1. The average Bonchev–Trinajstić information content (AvgIpc) is 2.69. The van der Waals surface area contributed by atoms with E-state index in [4.69, 9.17) is 14.2 Å². The summed E-state index contributed by atoms with van der Waals surface area (Å²) in [6.45, 7) is 2.59. The van der Waals surface area contributed by atoms with Crippen LogP contribution in [0.15, 0.2) is 30.3 Å². The van der Waals surface area contributed by atoms with Gasteiger partial charge in [-0.3, -0.25) is 4.79 Å². The van der Waals surface area contributed by atoms with Crippen molar-refractivity contribution in [2.24, 2.45) is 0 Å². The number of anilines is 1. The average molecular weight is 371 g/mol. The first-order chi connectivity index (χ1) is 13.1. The molecule has 1 N–H and O–H groups in total. The summed E-state index contributed by atoms with van der Waals surface area (Å²) >= 11 is 0. The number of hydrogen-bond acceptors (Lipinski definition) is 8. The molecule has 2 aromatic rings. The molecule has 0 saturated carbocycles. The van der Waals surface area contributed by atoms with Crippen LogP contribution in [0.25, 0.3) is 0 Å². The number of aromatic nitrogens is 2. The highest BCUT2D eigenvalue weighted by atomic mass is 16.5. The van der Waals surface area contributed by atoms with Gasteiger partial charge in [0, 0.05) is 26.2 Å². The molecule has 1 aliphatic heterocycles. The normalized spacial score (nSPS) is 14.4. The molecule has 1 saturated heterocycles. The fourth-order valence-electron chi connectivity index (χ4n) is 2.70. The minimum atomic E-state index is -0.648. The number of para-hydroxylation sites is 1. The molecule has 0 spiro atoms. The molecule has 142 valence electrons. The lowest BCUT2D eigenvalue weighted by atomic mass is 10.1. The predicted octanol–water partition coefficient (Wildman–Crippen LogP) is 2.85. The maximum absolute atomic E-state index is 12.4. The summed E-state index contributed by atoms with van der Waals surface area (Å²) in [6.07, 6.45) is 1.52. The van der Waals surface area contributed by atoms with Crippen LogP contribution in [0.4, 0.5) is 5.82 Å². The van der Waals surface area contributed by atoms with Crippen molar-refractivity contribution in [3.8, 4) is 11.6 Å². The van der Waals surface area contributed by atoms with Crippen molar-refractivity contribution in [2.45, 2.75) is 25.8 Å². The summed E-state index contributed by atoms with van der Waals surface area (Å²) < 4.78 is 16.0. The third-order valence-corrected chi connectivity index (χ3v) is 4.10. The van der Waals surface area contributed by atoms with Crippen LogP contribution in [-0.4, -0.2) is 48.1 Å². The van der Waals surface area contributed by atoms with Gasteiger partial charge >= 0.3 is 5.97 Å². The van der Waals surface area contributed by atoms with E-state index < -0.39 is 5.97 Å². The lowest BCUT2D eigenvalue weighted by Crippen LogP contribution is -2.29. The van der Waals surface area contributed by atoms with Crippen LogP contribution in [0.5, 0.6) is 11.6 Å². The molecule has 1 aliphatic rings. The number of Topliss-reactive ketones (excluding diaryl/α,β-unsaturated/α-hetero) is 1. The number of methoxy groups -OCH3 is 1. The summed E-state index contributed by atoms with van der Waals surface area (Å²) in [7, 11) is 1.27.